The first-order valence-corrected chi connectivity index (χ1v) is 8.21. The minimum absolute atomic E-state index is 0.0626. The van der Waals surface area contributed by atoms with Gasteiger partial charge in [0.25, 0.3) is 5.91 Å². The van der Waals surface area contributed by atoms with Crippen LogP contribution in [-0.2, 0) is 0 Å². The second-order valence-corrected chi connectivity index (χ2v) is 6.87. The maximum atomic E-state index is 12.1. The Bertz CT molecular complexity index is 431. The standard InChI is InChI=1S/C13H18N2OS2/c1-9-3-2-4-11(12(9)14)13(16)15-7-10-8-17-5-6-18-10/h2-4,10H,5-8,14H2,1H3,(H,15,16). The number of para-hydroxylation sites is 1. The smallest absolute Gasteiger partial charge is 0.253 e. The largest absolute Gasteiger partial charge is 0.398 e. The van der Waals surface area contributed by atoms with Crippen molar-refractivity contribution >= 4 is 35.1 Å². The summed E-state index contributed by atoms with van der Waals surface area (Å²) in [6, 6.07) is 5.56. The molecule has 1 aliphatic heterocycles. The molecule has 2 rings (SSSR count). The molecule has 0 bridgehead atoms. The van der Waals surface area contributed by atoms with Crippen LogP contribution in [0.1, 0.15) is 15.9 Å². The van der Waals surface area contributed by atoms with Crippen molar-refractivity contribution in [3.8, 4) is 0 Å². The molecule has 1 aromatic rings. The highest BCUT2D eigenvalue weighted by molar-refractivity contribution is 8.06. The number of benzene rings is 1. The number of rotatable bonds is 3. The lowest BCUT2D eigenvalue weighted by Gasteiger charge is -2.21. The zero-order valence-corrected chi connectivity index (χ0v) is 12.1. The lowest BCUT2D eigenvalue weighted by molar-refractivity contribution is 0.0955. The summed E-state index contributed by atoms with van der Waals surface area (Å²) < 4.78 is 0. The summed E-state index contributed by atoms with van der Waals surface area (Å²) in [4.78, 5) is 12.1. The Hall–Kier alpha value is -0.810. The van der Waals surface area contributed by atoms with E-state index in [0.29, 0.717) is 16.5 Å². The number of thioether (sulfide) groups is 2. The molecular formula is C13H18N2OS2. The monoisotopic (exact) mass is 282 g/mol. The third-order valence-electron chi connectivity index (χ3n) is 2.94. The topological polar surface area (TPSA) is 55.1 Å². The molecule has 1 atom stereocenters. The average molecular weight is 282 g/mol. The first kappa shape index (κ1) is 13.6. The number of anilines is 1. The SMILES string of the molecule is Cc1cccc(C(=O)NCC2CSCCS2)c1N. The van der Waals surface area contributed by atoms with Crippen LogP contribution >= 0.6 is 23.5 Å². The maximum absolute atomic E-state index is 12.1. The molecule has 0 radical (unpaired) electrons. The average Bonchev–Trinajstić information content (AvgIpc) is 2.40. The summed E-state index contributed by atoms with van der Waals surface area (Å²) in [7, 11) is 0. The molecule has 5 heteroatoms. The third-order valence-corrected chi connectivity index (χ3v) is 5.79. The lowest BCUT2D eigenvalue weighted by Crippen LogP contribution is -2.33. The van der Waals surface area contributed by atoms with Gasteiger partial charge in [0, 0.05) is 34.7 Å². The number of nitrogen functional groups attached to an aromatic ring is 1. The Morgan fingerprint density at radius 3 is 3.06 bits per heavy atom. The first-order chi connectivity index (χ1) is 8.68. The Morgan fingerprint density at radius 1 is 1.50 bits per heavy atom. The fraction of sp³-hybridized carbons (Fsp3) is 0.462. The minimum Gasteiger partial charge on any atom is -0.398 e. The number of hydrogen-bond acceptors (Lipinski definition) is 4. The van der Waals surface area contributed by atoms with Gasteiger partial charge in [-0.05, 0) is 18.6 Å². The van der Waals surface area contributed by atoms with E-state index in [1.165, 1.54) is 11.5 Å². The molecule has 18 heavy (non-hydrogen) atoms. The molecule has 0 spiro atoms. The number of carbonyl (C=O) groups is 1. The van der Waals surface area contributed by atoms with Crippen molar-refractivity contribution in [2.45, 2.75) is 12.2 Å². The van der Waals surface area contributed by atoms with E-state index in [4.69, 9.17) is 5.73 Å². The predicted molar refractivity (Wildman–Crippen MR) is 81.5 cm³/mol. The van der Waals surface area contributed by atoms with Crippen LogP contribution in [-0.4, -0.2) is 35.0 Å². The summed E-state index contributed by atoms with van der Waals surface area (Å²) in [5.41, 5.74) is 8.04. The van der Waals surface area contributed by atoms with Gasteiger partial charge in [-0.3, -0.25) is 4.79 Å². The predicted octanol–water partition coefficient (Wildman–Crippen LogP) is 2.16. The number of amides is 1. The second kappa shape index (κ2) is 6.38. The molecular weight excluding hydrogens is 264 g/mol. The molecule has 1 saturated heterocycles. The van der Waals surface area contributed by atoms with E-state index in [0.717, 1.165) is 17.9 Å². The first-order valence-electron chi connectivity index (χ1n) is 6.01. The number of hydrogen-bond donors (Lipinski definition) is 2. The van der Waals surface area contributed by atoms with E-state index in [1.807, 2.05) is 42.6 Å². The Labute approximate surface area is 116 Å². The van der Waals surface area contributed by atoms with Crippen molar-refractivity contribution in [3.05, 3.63) is 29.3 Å². The summed E-state index contributed by atoms with van der Waals surface area (Å²) in [6.45, 7) is 2.64. The maximum Gasteiger partial charge on any atom is 0.253 e. The molecule has 3 nitrogen and oxygen atoms in total. The van der Waals surface area contributed by atoms with Gasteiger partial charge in [0.15, 0.2) is 0 Å². The molecule has 1 aliphatic rings. The Morgan fingerprint density at radius 2 is 2.33 bits per heavy atom. The highest BCUT2D eigenvalue weighted by Gasteiger charge is 2.16. The molecule has 1 unspecified atom stereocenters. The number of nitrogens with two attached hydrogens (primary N) is 1. The van der Waals surface area contributed by atoms with Crippen LogP contribution in [0.5, 0.6) is 0 Å². The Kier molecular flexibility index (Phi) is 4.83. The lowest BCUT2D eigenvalue weighted by atomic mass is 10.1. The molecule has 98 valence electrons. The van der Waals surface area contributed by atoms with E-state index in [9.17, 15) is 4.79 Å². The molecule has 1 fully saturated rings. The molecule has 0 aliphatic carbocycles. The van der Waals surface area contributed by atoms with Gasteiger partial charge in [-0.25, -0.2) is 0 Å². The van der Waals surface area contributed by atoms with Gasteiger partial charge in [-0.2, -0.15) is 23.5 Å². The molecule has 0 saturated carbocycles. The van der Waals surface area contributed by atoms with Crippen LogP contribution in [0.25, 0.3) is 0 Å². The van der Waals surface area contributed by atoms with Gasteiger partial charge >= 0.3 is 0 Å². The number of nitrogens with one attached hydrogen (secondary N) is 1. The van der Waals surface area contributed by atoms with Crippen LogP contribution in [0.2, 0.25) is 0 Å². The summed E-state index contributed by atoms with van der Waals surface area (Å²) in [6.07, 6.45) is 0. The number of carbonyl (C=O) groups excluding carboxylic acids is 1. The summed E-state index contributed by atoms with van der Waals surface area (Å²) in [5, 5.41) is 3.51. The molecule has 0 aromatic heterocycles. The fourth-order valence-electron chi connectivity index (χ4n) is 1.83. The van der Waals surface area contributed by atoms with Crippen LogP contribution in [0.4, 0.5) is 5.69 Å². The van der Waals surface area contributed by atoms with Gasteiger partial charge < -0.3 is 11.1 Å². The van der Waals surface area contributed by atoms with Crippen LogP contribution in [0.15, 0.2) is 18.2 Å². The van der Waals surface area contributed by atoms with E-state index < -0.39 is 0 Å². The molecule has 1 heterocycles. The van der Waals surface area contributed by atoms with Crippen molar-refractivity contribution in [3.63, 3.8) is 0 Å². The number of aryl methyl sites for hydroxylation is 1. The minimum atomic E-state index is -0.0626. The van der Waals surface area contributed by atoms with E-state index >= 15 is 0 Å². The van der Waals surface area contributed by atoms with E-state index in [-0.39, 0.29) is 5.91 Å². The normalized spacial score (nSPS) is 19.5. The van der Waals surface area contributed by atoms with Crippen molar-refractivity contribution < 1.29 is 4.79 Å². The van der Waals surface area contributed by atoms with E-state index in [1.54, 1.807) is 6.07 Å². The van der Waals surface area contributed by atoms with E-state index in [2.05, 4.69) is 5.32 Å². The van der Waals surface area contributed by atoms with Crippen molar-refractivity contribution in [2.75, 3.05) is 29.5 Å². The third kappa shape index (κ3) is 3.36. The van der Waals surface area contributed by atoms with Crippen LogP contribution in [0, 0.1) is 6.92 Å². The van der Waals surface area contributed by atoms with Gasteiger partial charge in [0.05, 0.1) is 5.56 Å². The Balaban J connectivity index is 1.93. The summed E-state index contributed by atoms with van der Waals surface area (Å²) >= 11 is 3.90. The highest BCUT2D eigenvalue weighted by Crippen LogP contribution is 2.23. The zero-order valence-electron chi connectivity index (χ0n) is 10.4. The van der Waals surface area contributed by atoms with Gasteiger partial charge in [-0.15, -0.1) is 0 Å². The summed E-state index contributed by atoms with van der Waals surface area (Å²) in [5.74, 6) is 3.46. The molecule has 1 aromatic carbocycles. The van der Waals surface area contributed by atoms with Crippen molar-refractivity contribution in [1.29, 1.82) is 0 Å². The zero-order chi connectivity index (χ0) is 13.0. The van der Waals surface area contributed by atoms with Crippen LogP contribution < -0.4 is 11.1 Å². The second-order valence-electron chi connectivity index (χ2n) is 4.31. The van der Waals surface area contributed by atoms with Crippen molar-refractivity contribution in [1.82, 2.24) is 5.32 Å². The van der Waals surface area contributed by atoms with Crippen LogP contribution in [0.3, 0.4) is 0 Å². The fourth-order valence-corrected chi connectivity index (χ4v) is 4.45. The quantitative estimate of drug-likeness (QED) is 0.834. The van der Waals surface area contributed by atoms with Gasteiger partial charge in [-0.1, -0.05) is 12.1 Å². The van der Waals surface area contributed by atoms with Gasteiger partial charge in [0.2, 0.25) is 0 Å². The van der Waals surface area contributed by atoms with Gasteiger partial charge in [0.1, 0.15) is 0 Å². The molecule has 3 N–H and O–H groups in total. The molecule has 1 amide bonds. The van der Waals surface area contributed by atoms with Crippen molar-refractivity contribution in [2.24, 2.45) is 0 Å². The highest BCUT2D eigenvalue weighted by atomic mass is 32.2.